The summed E-state index contributed by atoms with van der Waals surface area (Å²) in [5.74, 6) is 1.46. The molecule has 0 unspecified atom stereocenters. The van der Waals surface area contributed by atoms with Crippen LogP contribution in [0.15, 0.2) is 30.3 Å². The van der Waals surface area contributed by atoms with Crippen molar-refractivity contribution >= 4 is 17.5 Å². The van der Waals surface area contributed by atoms with Crippen LogP contribution in [-0.4, -0.2) is 23.9 Å². The van der Waals surface area contributed by atoms with Gasteiger partial charge in [0, 0.05) is 12.3 Å². The lowest BCUT2D eigenvalue weighted by Gasteiger charge is -2.26. The van der Waals surface area contributed by atoms with Crippen molar-refractivity contribution in [1.29, 1.82) is 0 Å². The third-order valence-electron chi connectivity index (χ3n) is 2.61. The smallest absolute Gasteiger partial charge is 0.220 e. The SMILES string of the molecule is CC(C)(COc1ccccc1)NC(=O)CCCCCl. The highest BCUT2D eigenvalue weighted by Crippen LogP contribution is 2.12. The van der Waals surface area contributed by atoms with E-state index < -0.39 is 0 Å². The number of hydrogen-bond donors (Lipinski definition) is 1. The van der Waals surface area contributed by atoms with Gasteiger partial charge in [-0.1, -0.05) is 18.2 Å². The quantitative estimate of drug-likeness (QED) is 0.587. The van der Waals surface area contributed by atoms with Crippen LogP contribution in [0.2, 0.25) is 0 Å². The van der Waals surface area contributed by atoms with Crippen LogP contribution in [0.3, 0.4) is 0 Å². The normalized spacial score (nSPS) is 11.1. The van der Waals surface area contributed by atoms with Gasteiger partial charge in [-0.3, -0.25) is 4.79 Å². The molecule has 0 heterocycles. The van der Waals surface area contributed by atoms with Gasteiger partial charge in [-0.25, -0.2) is 0 Å². The van der Waals surface area contributed by atoms with E-state index in [2.05, 4.69) is 5.32 Å². The minimum atomic E-state index is -0.381. The lowest BCUT2D eigenvalue weighted by molar-refractivity contribution is -0.123. The molecule has 0 saturated heterocycles. The van der Waals surface area contributed by atoms with Gasteiger partial charge in [0.05, 0.1) is 5.54 Å². The highest BCUT2D eigenvalue weighted by molar-refractivity contribution is 6.17. The molecule has 0 atom stereocenters. The highest BCUT2D eigenvalue weighted by atomic mass is 35.5. The van der Waals surface area contributed by atoms with Gasteiger partial charge in [-0.05, 0) is 38.8 Å². The Balaban J connectivity index is 2.32. The molecule has 3 nitrogen and oxygen atoms in total. The first kappa shape index (κ1) is 15.8. The number of hydrogen-bond acceptors (Lipinski definition) is 2. The summed E-state index contributed by atoms with van der Waals surface area (Å²) < 4.78 is 5.66. The molecule has 0 bridgehead atoms. The summed E-state index contributed by atoms with van der Waals surface area (Å²) in [7, 11) is 0. The lowest BCUT2D eigenvalue weighted by atomic mass is 10.1. The second-order valence-electron chi connectivity index (χ2n) is 5.18. The average molecular weight is 284 g/mol. The van der Waals surface area contributed by atoms with Gasteiger partial charge in [0.1, 0.15) is 12.4 Å². The molecule has 0 spiro atoms. The number of rotatable bonds is 8. The molecule has 0 aliphatic carbocycles. The van der Waals surface area contributed by atoms with Crippen LogP contribution < -0.4 is 10.1 Å². The molecule has 1 aromatic rings. The lowest BCUT2D eigenvalue weighted by Crippen LogP contribution is -2.47. The number of nitrogens with one attached hydrogen (secondary N) is 1. The van der Waals surface area contributed by atoms with E-state index in [4.69, 9.17) is 16.3 Å². The summed E-state index contributed by atoms with van der Waals surface area (Å²) in [5.41, 5.74) is -0.381. The first-order valence-corrected chi connectivity index (χ1v) is 7.12. The zero-order chi connectivity index (χ0) is 14.1. The summed E-state index contributed by atoms with van der Waals surface area (Å²) in [6.07, 6.45) is 2.21. The van der Waals surface area contributed by atoms with Crippen LogP contribution in [0.1, 0.15) is 33.1 Å². The number of amides is 1. The topological polar surface area (TPSA) is 38.3 Å². The summed E-state index contributed by atoms with van der Waals surface area (Å²) in [6, 6.07) is 9.59. The molecule has 0 radical (unpaired) electrons. The maximum Gasteiger partial charge on any atom is 0.220 e. The fourth-order valence-electron chi connectivity index (χ4n) is 1.64. The molecular formula is C15H22ClNO2. The van der Waals surface area contributed by atoms with E-state index in [9.17, 15) is 4.79 Å². The summed E-state index contributed by atoms with van der Waals surface area (Å²) in [4.78, 5) is 11.7. The zero-order valence-electron chi connectivity index (χ0n) is 11.6. The molecule has 1 N–H and O–H groups in total. The molecule has 106 valence electrons. The van der Waals surface area contributed by atoms with Gasteiger partial charge in [-0.15, -0.1) is 11.6 Å². The maximum absolute atomic E-state index is 11.7. The van der Waals surface area contributed by atoms with Gasteiger partial charge in [0.25, 0.3) is 0 Å². The van der Waals surface area contributed by atoms with Crippen LogP contribution in [-0.2, 0) is 4.79 Å². The third kappa shape index (κ3) is 7.06. The molecular weight excluding hydrogens is 262 g/mol. The van der Waals surface area contributed by atoms with E-state index in [0.717, 1.165) is 18.6 Å². The van der Waals surface area contributed by atoms with Crippen LogP contribution in [0.25, 0.3) is 0 Å². The largest absolute Gasteiger partial charge is 0.491 e. The van der Waals surface area contributed by atoms with Gasteiger partial charge in [0.2, 0.25) is 5.91 Å². The van der Waals surface area contributed by atoms with E-state index in [1.54, 1.807) is 0 Å². The molecule has 0 fully saturated rings. The first-order chi connectivity index (χ1) is 9.03. The van der Waals surface area contributed by atoms with Crippen molar-refractivity contribution in [3.8, 4) is 5.75 Å². The minimum absolute atomic E-state index is 0.0479. The summed E-state index contributed by atoms with van der Waals surface area (Å²) in [5, 5.41) is 2.98. The number of ether oxygens (including phenoxy) is 1. The molecule has 0 aromatic heterocycles. The number of alkyl halides is 1. The van der Waals surface area contributed by atoms with Gasteiger partial charge < -0.3 is 10.1 Å². The molecule has 0 aliphatic heterocycles. The number of carbonyl (C=O) groups excluding carboxylic acids is 1. The van der Waals surface area contributed by atoms with Gasteiger partial charge in [0.15, 0.2) is 0 Å². The molecule has 0 aliphatic rings. The fraction of sp³-hybridized carbons (Fsp3) is 0.533. The maximum atomic E-state index is 11.7. The Bertz CT molecular complexity index is 379. The number of para-hydroxylation sites is 1. The molecule has 19 heavy (non-hydrogen) atoms. The number of halogens is 1. The Labute approximate surface area is 120 Å². The monoisotopic (exact) mass is 283 g/mol. The van der Waals surface area contributed by atoms with Gasteiger partial charge in [-0.2, -0.15) is 0 Å². The Hall–Kier alpha value is -1.22. The van der Waals surface area contributed by atoms with Gasteiger partial charge >= 0.3 is 0 Å². The van der Waals surface area contributed by atoms with Crippen LogP contribution in [0.4, 0.5) is 0 Å². The van der Waals surface area contributed by atoms with Crippen molar-refractivity contribution in [2.45, 2.75) is 38.6 Å². The highest BCUT2D eigenvalue weighted by Gasteiger charge is 2.21. The molecule has 0 saturated carbocycles. The zero-order valence-corrected chi connectivity index (χ0v) is 12.4. The average Bonchev–Trinajstić information content (AvgIpc) is 2.37. The van der Waals surface area contributed by atoms with Crippen molar-refractivity contribution in [3.05, 3.63) is 30.3 Å². The third-order valence-corrected chi connectivity index (χ3v) is 2.88. The van der Waals surface area contributed by atoms with Crippen molar-refractivity contribution in [1.82, 2.24) is 5.32 Å². The van der Waals surface area contributed by atoms with Crippen molar-refractivity contribution in [2.24, 2.45) is 0 Å². The van der Waals surface area contributed by atoms with E-state index in [-0.39, 0.29) is 11.4 Å². The van der Waals surface area contributed by atoms with E-state index in [0.29, 0.717) is 18.9 Å². The standard InChI is InChI=1S/C15H22ClNO2/c1-15(2,17-14(18)10-6-7-11-16)12-19-13-8-4-3-5-9-13/h3-5,8-9H,6-7,10-12H2,1-2H3,(H,17,18). The van der Waals surface area contributed by atoms with Crippen molar-refractivity contribution in [3.63, 3.8) is 0 Å². The Morgan fingerprint density at radius 2 is 1.95 bits per heavy atom. The summed E-state index contributed by atoms with van der Waals surface area (Å²) >= 11 is 5.58. The molecule has 1 amide bonds. The van der Waals surface area contributed by atoms with Crippen molar-refractivity contribution in [2.75, 3.05) is 12.5 Å². The van der Waals surface area contributed by atoms with E-state index in [1.165, 1.54) is 0 Å². The van der Waals surface area contributed by atoms with Crippen LogP contribution in [0.5, 0.6) is 5.75 Å². The molecule has 4 heteroatoms. The molecule has 1 rings (SSSR count). The van der Waals surface area contributed by atoms with E-state index in [1.807, 2.05) is 44.2 Å². The first-order valence-electron chi connectivity index (χ1n) is 6.58. The van der Waals surface area contributed by atoms with Crippen LogP contribution in [0, 0.1) is 0 Å². The predicted octanol–water partition coefficient (Wildman–Crippen LogP) is 3.37. The number of benzene rings is 1. The minimum Gasteiger partial charge on any atom is -0.491 e. The predicted molar refractivity (Wildman–Crippen MR) is 78.7 cm³/mol. The second-order valence-corrected chi connectivity index (χ2v) is 5.56. The molecule has 1 aromatic carbocycles. The fourth-order valence-corrected chi connectivity index (χ4v) is 1.83. The van der Waals surface area contributed by atoms with Crippen molar-refractivity contribution < 1.29 is 9.53 Å². The Kier molecular flexibility index (Phi) is 6.71. The summed E-state index contributed by atoms with van der Waals surface area (Å²) in [6.45, 7) is 4.35. The Morgan fingerprint density at radius 1 is 1.26 bits per heavy atom. The Morgan fingerprint density at radius 3 is 2.58 bits per heavy atom. The second kappa shape index (κ2) is 8.05. The number of unbranched alkanes of at least 4 members (excludes halogenated alkanes) is 1. The van der Waals surface area contributed by atoms with Crippen LogP contribution >= 0.6 is 11.6 Å². The van der Waals surface area contributed by atoms with E-state index >= 15 is 0 Å². The number of carbonyl (C=O) groups is 1.